The molecule has 0 fully saturated rings. The van der Waals surface area contributed by atoms with Crippen molar-refractivity contribution in [3.05, 3.63) is 81.4 Å². The van der Waals surface area contributed by atoms with Crippen LogP contribution in [0.25, 0.3) is 0 Å². The highest BCUT2D eigenvalue weighted by atomic mass is 35.5. The SMILES string of the molecule is CC.CC.CC1=NC(c2ccc(C(C)(C)C)cc2)=NC2=C(F)C(=O)N12.CCCCC.Cc1ccc(Cl)c(C)c1. The van der Waals surface area contributed by atoms with E-state index in [2.05, 4.69) is 57.6 Å². The number of carbonyl (C=O) groups is 1. The Morgan fingerprint density at radius 3 is 1.82 bits per heavy atom. The zero-order valence-electron chi connectivity index (χ0n) is 26.2. The molecule has 2 aromatic carbocycles. The summed E-state index contributed by atoms with van der Waals surface area (Å²) >= 11 is 5.78. The number of amidine groups is 2. The lowest BCUT2D eigenvalue weighted by molar-refractivity contribution is -0.127. The van der Waals surface area contributed by atoms with Crippen LogP contribution in [0.15, 0.2) is 64.1 Å². The van der Waals surface area contributed by atoms with Gasteiger partial charge in [-0.3, -0.25) is 4.79 Å². The molecule has 0 bridgehead atoms. The van der Waals surface area contributed by atoms with Crippen molar-refractivity contribution in [2.24, 2.45) is 9.98 Å². The number of rotatable bonds is 3. The smallest absolute Gasteiger partial charge is 0.265 e. The molecule has 0 saturated carbocycles. The van der Waals surface area contributed by atoms with Gasteiger partial charge in [-0.2, -0.15) is 4.39 Å². The number of carbonyl (C=O) groups excluding carboxylic acids is 1. The highest BCUT2D eigenvalue weighted by molar-refractivity contribution is 6.31. The lowest BCUT2D eigenvalue weighted by atomic mass is 9.86. The molecule has 2 heterocycles. The van der Waals surface area contributed by atoms with E-state index in [0.717, 1.165) is 16.1 Å². The van der Waals surface area contributed by atoms with Crippen molar-refractivity contribution in [1.82, 2.24) is 4.90 Å². The van der Waals surface area contributed by atoms with Crippen LogP contribution < -0.4 is 0 Å². The van der Waals surface area contributed by atoms with Gasteiger partial charge in [-0.15, -0.1) is 0 Å². The largest absolute Gasteiger partial charge is 0.297 e. The second-order valence-electron chi connectivity index (χ2n) is 9.81. The molecule has 0 unspecified atom stereocenters. The molecule has 4 rings (SSSR count). The Labute approximate surface area is 242 Å². The fourth-order valence-electron chi connectivity index (χ4n) is 3.46. The van der Waals surface area contributed by atoms with Gasteiger partial charge >= 0.3 is 0 Å². The van der Waals surface area contributed by atoms with E-state index in [1.165, 1.54) is 35.3 Å². The molecule has 0 aliphatic carbocycles. The number of fused-ring (bicyclic) bond motifs is 1. The molecule has 0 radical (unpaired) electrons. The molecule has 0 spiro atoms. The van der Waals surface area contributed by atoms with Gasteiger partial charge in [-0.05, 0) is 43.4 Å². The quantitative estimate of drug-likeness (QED) is 0.370. The van der Waals surface area contributed by atoms with Gasteiger partial charge in [-0.1, -0.05) is 135 Å². The van der Waals surface area contributed by atoms with E-state index in [0.29, 0.717) is 11.7 Å². The molecule has 2 aliphatic rings. The summed E-state index contributed by atoms with van der Waals surface area (Å²) in [6.07, 6.45) is 4.08. The van der Waals surface area contributed by atoms with Crippen LogP contribution in [0.3, 0.4) is 0 Å². The number of aliphatic imine (C=N–C) groups is 2. The van der Waals surface area contributed by atoms with Crippen LogP contribution in [0.4, 0.5) is 4.39 Å². The average Bonchev–Trinajstić information content (AvgIpc) is 2.93. The number of unbranched alkanes of at least 4 members (excludes halogenated alkanes) is 2. The third-order valence-electron chi connectivity index (χ3n) is 5.63. The van der Waals surface area contributed by atoms with E-state index in [4.69, 9.17) is 11.6 Å². The van der Waals surface area contributed by atoms with Crippen LogP contribution in [-0.4, -0.2) is 22.5 Å². The molecular formula is C33H49ClFN3O. The topological polar surface area (TPSA) is 45.0 Å². The molecule has 6 heteroatoms. The van der Waals surface area contributed by atoms with E-state index in [9.17, 15) is 9.18 Å². The lowest BCUT2D eigenvalue weighted by Gasteiger charge is -2.32. The van der Waals surface area contributed by atoms with Crippen molar-refractivity contribution < 1.29 is 9.18 Å². The van der Waals surface area contributed by atoms with E-state index in [1.807, 2.05) is 71.0 Å². The minimum atomic E-state index is -0.798. The van der Waals surface area contributed by atoms with Crippen molar-refractivity contribution in [1.29, 1.82) is 0 Å². The van der Waals surface area contributed by atoms with Crippen LogP contribution >= 0.6 is 11.6 Å². The Hall–Kier alpha value is -2.79. The normalized spacial score (nSPS) is 13.4. The summed E-state index contributed by atoms with van der Waals surface area (Å²) in [7, 11) is 0. The second kappa shape index (κ2) is 17.7. The van der Waals surface area contributed by atoms with Crippen LogP contribution in [-0.2, 0) is 10.2 Å². The number of nitrogens with zero attached hydrogens (tertiary/aromatic N) is 3. The Morgan fingerprint density at radius 2 is 1.41 bits per heavy atom. The maximum absolute atomic E-state index is 13.5. The zero-order valence-corrected chi connectivity index (χ0v) is 26.9. The predicted molar refractivity (Wildman–Crippen MR) is 169 cm³/mol. The summed E-state index contributed by atoms with van der Waals surface area (Å²) in [5.41, 5.74) is 4.49. The summed E-state index contributed by atoms with van der Waals surface area (Å²) in [6.45, 7) is 24.6. The first kappa shape index (κ1) is 36.2. The van der Waals surface area contributed by atoms with E-state index >= 15 is 0 Å². The maximum atomic E-state index is 13.5. The molecule has 0 saturated heterocycles. The Kier molecular flexibility index (Phi) is 16.5. The van der Waals surface area contributed by atoms with Gasteiger partial charge in [0.15, 0.2) is 11.7 Å². The van der Waals surface area contributed by atoms with Gasteiger partial charge in [0.25, 0.3) is 5.91 Å². The first-order valence-electron chi connectivity index (χ1n) is 14.1. The first-order chi connectivity index (χ1) is 18.4. The van der Waals surface area contributed by atoms with Crippen molar-refractivity contribution in [3.8, 4) is 0 Å². The Morgan fingerprint density at radius 1 is 0.872 bits per heavy atom. The van der Waals surface area contributed by atoms with Crippen LogP contribution in [0.1, 0.15) is 111 Å². The van der Waals surface area contributed by atoms with Crippen LogP contribution in [0.2, 0.25) is 5.02 Å². The number of hydrogen-bond donors (Lipinski definition) is 0. The summed E-state index contributed by atoms with van der Waals surface area (Å²) < 4.78 is 13.5. The highest BCUT2D eigenvalue weighted by Crippen LogP contribution is 2.31. The van der Waals surface area contributed by atoms with E-state index < -0.39 is 11.7 Å². The van der Waals surface area contributed by atoms with Crippen molar-refractivity contribution in [2.75, 3.05) is 0 Å². The molecule has 39 heavy (non-hydrogen) atoms. The lowest BCUT2D eigenvalue weighted by Crippen LogP contribution is -2.45. The van der Waals surface area contributed by atoms with Crippen LogP contribution in [0.5, 0.6) is 0 Å². The van der Waals surface area contributed by atoms with E-state index in [-0.39, 0.29) is 11.2 Å². The highest BCUT2D eigenvalue weighted by Gasteiger charge is 2.41. The number of benzene rings is 2. The molecule has 2 aliphatic heterocycles. The average molecular weight is 558 g/mol. The molecular weight excluding hydrogens is 509 g/mol. The van der Waals surface area contributed by atoms with Crippen molar-refractivity contribution in [3.63, 3.8) is 0 Å². The fourth-order valence-corrected chi connectivity index (χ4v) is 3.58. The van der Waals surface area contributed by atoms with Crippen molar-refractivity contribution >= 4 is 29.2 Å². The minimum Gasteiger partial charge on any atom is -0.265 e. The molecule has 2 aromatic rings. The molecule has 4 nitrogen and oxygen atoms in total. The van der Waals surface area contributed by atoms with Crippen LogP contribution in [0, 0.1) is 13.8 Å². The standard InChI is InChI=1S/C16H16FN3O.C8H9Cl.C5H12.2C2H6/c1-9-18-13(19-14-12(17)15(21)20(9)14)10-5-7-11(8-6-10)16(2,3)4;1-6-3-4-8(9)7(2)5-6;1-3-5-4-2;2*1-2/h5-8H,1-4H3;3-5H,1-2H3;3-5H2,1-2H3;2*1-2H3. The molecule has 216 valence electrons. The van der Waals surface area contributed by atoms with Gasteiger partial charge in [0.2, 0.25) is 5.83 Å². The molecule has 0 atom stereocenters. The second-order valence-corrected chi connectivity index (χ2v) is 10.2. The number of hydrogen-bond acceptors (Lipinski definition) is 3. The van der Waals surface area contributed by atoms with Gasteiger partial charge < -0.3 is 0 Å². The summed E-state index contributed by atoms with van der Waals surface area (Å²) in [5, 5.41) is 0.848. The zero-order chi connectivity index (χ0) is 30.3. The van der Waals surface area contributed by atoms with Gasteiger partial charge in [-0.25, -0.2) is 14.9 Å². The molecule has 0 N–H and O–H groups in total. The number of halogens is 2. The Balaban J connectivity index is 0.000000665. The summed E-state index contributed by atoms with van der Waals surface area (Å²) in [4.78, 5) is 20.9. The minimum absolute atomic E-state index is 0.0578. The maximum Gasteiger partial charge on any atom is 0.297 e. The third-order valence-corrected chi connectivity index (χ3v) is 6.06. The molecule has 1 amide bonds. The van der Waals surface area contributed by atoms with Crippen molar-refractivity contribution in [2.45, 2.75) is 108 Å². The summed E-state index contributed by atoms with van der Waals surface area (Å²) in [6, 6.07) is 13.9. The van der Waals surface area contributed by atoms with Gasteiger partial charge in [0.1, 0.15) is 5.84 Å². The number of amides is 1. The summed E-state index contributed by atoms with van der Waals surface area (Å²) in [5.74, 6) is -0.532. The van der Waals surface area contributed by atoms with E-state index in [1.54, 1.807) is 6.92 Å². The van der Waals surface area contributed by atoms with Gasteiger partial charge in [0, 0.05) is 10.6 Å². The monoisotopic (exact) mass is 557 g/mol. The Bertz CT molecular complexity index is 1140. The first-order valence-corrected chi connectivity index (χ1v) is 14.5. The molecule has 0 aromatic heterocycles. The predicted octanol–water partition coefficient (Wildman–Crippen LogP) is 10.3. The number of aryl methyl sites for hydroxylation is 2. The fraction of sp³-hybridized carbons (Fsp3) is 0.485. The van der Waals surface area contributed by atoms with Gasteiger partial charge in [0.05, 0.1) is 0 Å². The third kappa shape index (κ3) is 10.7.